The van der Waals surface area contributed by atoms with Gasteiger partial charge in [-0.05, 0) is 56.3 Å². The number of aromatic nitrogens is 1. The van der Waals surface area contributed by atoms with Crippen molar-refractivity contribution in [2.24, 2.45) is 5.73 Å². The van der Waals surface area contributed by atoms with Gasteiger partial charge in [0.2, 0.25) is 5.88 Å². The highest BCUT2D eigenvalue weighted by Gasteiger charge is 2.22. The van der Waals surface area contributed by atoms with Crippen molar-refractivity contribution in [1.29, 1.82) is 0 Å². The van der Waals surface area contributed by atoms with Gasteiger partial charge in [0.25, 0.3) is 5.91 Å². The number of nitrogens with one attached hydrogen (secondary N) is 1. The molecule has 0 aliphatic heterocycles. The Labute approximate surface area is 194 Å². The number of methoxy groups -OCH3 is 1. The van der Waals surface area contributed by atoms with E-state index in [1.807, 2.05) is 57.4 Å². The number of rotatable bonds is 11. The number of carbonyl (C=O) groups excluding carboxylic acids is 1. The number of hydrogen-bond acceptors (Lipinski definition) is 7. The minimum atomic E-state index is -0.649. The van der Waals surface area contributed by atoms with Gasteiger partial charge >= 0.3 is 0 Å². The molecule has 3 rings (SSSR count). The Kier molecular flexibility index (Phi) is 8.08. The van der Waals surface area contributed by atoms with Crippen molar-refractivity contribution in [3.8, 4) is 11.6 Å². The van der Waals surface area contributed by atoms with Gasteiger partial charge in [-0.3, -0.25) is 4.79 Å². The summed E-state index contributed by atoms with van der Waals surface area (Å²) >= 11 is 0. The van der Waals surface area contributed by atoms with E-state index in [9.17, 15) is 9.90 Å². The molecule has 176 valence electrons. The minimum Gasteiger partial charge on any atom is -0.493 e. The fourth-order valence-corrected chi connectivity index (χ4v) is 3.84. The molecule has 0 saturated heterocycles. The molecule has 0 saturated carbocycles. The van der Waals surface area contributed by atoms with E-state index in [0.29, 0.717) is 35.4 Å². The van der Waals surface area contributed by atoms with E-state index >= 15 is 0 Å². The molecular formula is C25H32N4O4. The molecule has 1 aromatic heterocycles. The van der Waals surface area contributed by atoms with Crippen LogP contribution in [0, 0.1) is 0 Å². The van der Waals surface area contributed by atoms with E-state index in [1.165, 1.54) is 7.11 Å². The fourth-order valence-electron chi connectivity index (χ4n) is 3.84. The van der Waals surface area contributed by atoms with E-state index in [-0.39, 0.29) is 18.1 Å². The zero-order valence-corrected chi connectivity index (χ0v) is 19.6. The second kappa shape index (κ2) is 11.0. The summed E-state index contributed by atoms with van der Waals surface area (Å²) in [5, 5.41) is 13.8. The molecule has 8 nitrogen and oxygen atoms in total. The van der Waals surface area contributed by atoms with Gasteiger partial charge < -0.3 is 30.5 Å². The van der Waals surface area contributed by atoms with Crippen LogP contribution in [-0.2, 0) is 13.0 Å². The van der Waals surface area contributed by atoms with Crippen LogP contribution in [0.5, 0.6) is 11.6 Å². The van der Waals surface area contributed by atoms with Gasteiger partial charge in [0.05, 0.1) is 31.5 Å². The summed E-state index contributed by atoms with van der Waals surface area (Å²) in [6, 6.07) is 11.2. The van der Waals surface area contributed by atoms with Crippen LogP contribution in [0.15, 0.2) is 36.4 Å². The van der Waals surface area contributed by atoms with Gasteiger partial charge in [-0.1, -0.05) is 19.1 Å². The minimum absolute atomic E-state index is 0.0731. The third-order valence-electron chi connectivity index (χ3n) is 5.44. The third kappa shape index (κ3) is 5.53. The molecule has 0 unspecified atom stereocenters. The Bertz CT molecular complexity index is 1130. The third-order valence-corrected chi connectivity index (χ3v) is 5.44. The second-order valence-electron chi connectivity index (χ2n) is 8.00. The van der Waals surface area contributed by atoms with Gasteiger partial charge in [-0.2, -0.15) is 0 Å². The molecule has 0 bridgehead atoms. The highest BCUT2D eigenvalue weighted by atomic mass is 16.5. The number of pyridine rings is 1. The number of benzene rings is 2. The molecule has 33 heavy (non-hydrogen) atoms. The van der Waals surface area contributed by atoms with Crippen molar-refractivity contribution in [1.82, 2.24) is 9.88 Å². The predicted octanol–water partition coefficient (Wildman–Crippen LogP) is 3.47. The van der Waals surface area contributed by atoms with E-state index in [1.54, 1.807) is 0 Å². The number of anilines is 2. The quantitative estimate of drug-likeness (QED) is 0.382. The predicted molar refractivity (Wildman–Crippen MR) is 131 cm³/mol. The highest BCUT2D eigenvalue weighted by molar-refractivity contribution is 6.09. The Morgan fingerprint density at radius 1 is 1.24 bits per heavy atom. The number of nitrogens with two attached hydrogens (primary N) is 1. The molecule has 3 aromatic rings. The molecule has 1 amide bonds. The number of ether oxygens (including phenoxy) is 2. The number of aliphatic hydroxyl groups is 1. The van der Waals surface area contributed by atoms with Crippen LogP contribution in [0.1, 0.15) is 34.8 Å². The molecule has 0 fully saturated rings. The van der Waals surface area contributed by atoms with Crippen molar-refractivity contribution in [2.75, 3.05) is 39.7 Å². The van der Waals surface area contributed by atoms with Crippen molar-refractivity contribution >= 4 is 28.2 Å². The normalized spacial score (nSPS) is 11.1. The molecular weight excluding hydrogens is 420 g/mol. The molecule has 0 aliphatic rings. The molecule has 0 aliphatic carbocycles. The number of hydrogen-bond donors (Lipinski definition) is 3. The average Bonchev–Trinajstić information content (AvgIpc) is 2.80. The zero-order valence-electron chi connectivity index (χ0n) is 19.6. The molecule has 0 spiro atoms. The van der Waals surface area contributed by atoms with Crippen molar-refractivity contribution in [3.63, 3.8) is 0 Å². The van der Waals surface area contributed by atoms with Gasteiger partial charge in [0.15, 0.2) is 0 Å². The van der Waals surface area contributed by atoms with Crippen LogP contribution in [0.3, 0.4) is 0 Å². The summed E-state index contributed by atoms with van der Waals surface area (Å²) in [7, 11) is 5.50. The largest absolute Gasteiger partial charge is 0.493 e. The van der Waals surface area contributed by atoms with Gasteiger partial charge in [-0.25, -0.2) is 4.98 Å². The number of primary amides is 1. The van der Waals surface area contributed by atoms with Gasteiger partial charge in [-0.15, -0.1) is 0 Å². The standard InChI is InChI=1S/C25H32N4O4/c1-5-18-16(15-30)8-6-9-20(18)27-23-19-11-10-17(33-13-7-12-29(2)3)14-21(19)28-25(32-4)22(23)24(26)31/h6,8-11,14,30H,5,7,12-13,15H2,1-4H3,(H2,26,31)(H,27,28). The van der Waals surface area contributed by atoms with Crippen molar-refractivity contribution < 1.29 is 19.4 Å². The SMILES string of the molecule is CCc1c(CO)cccc1Nc1c(C(N)=O)c(OC)nc2cc(OCCCN(C)C)ccc12. The summed E-state index contributed by atoms with van der Waals surface area (Å²) in [4.78, 5) is 19.0. The molecule has 1 heterocycles. The first-order valence-electron chi connectivity index (χ1n) is 11.0. The van der Waals surface area contributed by atoms with Gasteiger partial charge in [0, 0.05) is 23.7 Å². The first-order valence-corrected chi connectivity index (χ1v) is 11.0. The smallest absolute Gasteiger partial charge is 0.256 e. The Morgan fingerprint density at radius 3 is 2.67 bits per heavy atom. The summed E-state index contributed by atoms with van der Waals surface area (Å²) in [5.41, 5.74) is 9.58. The number of amides is 1. The lowest BCUT2D eigenvalue weighted by Gasteiger charge is -2.19. The number of aliphatic hydroxyl groups excluding tert-OH is 1. The zero-order chi connectivity index (χ0) is 24.0. The monoisotopic (exact) mass is 452 g/mol. The maximum Gasteiger partial charge on any atom is 0.256 e. The highest BCUT2D eigenvalue weighted by Crippen LogP contribution is 2.37. The Morgan fingerprint density at radius 2 is 2.03 bits per heavy atom. The fraction of sp³-hybridized carbons (Fsp3) is 0.360. The first-order chi connectivity index (χ1) is 15.9. The van der Waals surface area contributed by atoms with E-state index in [4.69, 9.17) is 15.2 Å². The summed E-state index contributed by atoms with van der Waals surface area (Å²) < 4.78 is 11.3. The maximum absolute atomic E-state index is 12.4. The Hall–Kier alpha value is -3.36. The summed E-state index contributed by atoms with van der Waals surface area (Å²) in [6.07, 6.45) is 1.60. The van der Waals surface area contributed by atoms with Gasteiger partial charge in [0.1, 0.15) is 11.3 Å². The van der Waals surface area contributed by atoms with Crippen LogP contribution >= 0.6 is 0 Å². The topological polar surface area (TPSA) is 110 Å². The van der Waals surface area contributed by atoms with E-state index in [2.05, 4.69) is 15.2 Å². The van der Waals surface area contributed by atoms with Crippen LogP contribution in [0.2, 0.25) is 0 Å². The average molecular weight is 453 g/mol. The summed E-state index contributed by atoms with van der Waals surface area (Å²) in [5.74, 6) is 0.174. The second-order valence-corrected chi connectivity index (χ2v) is 8.00. The van der Waals surface area contributed by atoms with Crippen LogP contribution in [0.4, 0.5) is 11.4 Å². The number of fused-ring (bicyclic) bond motifs is 1. The number of nitrogens with zero attached hydrogens (tertiary/aromatic N) is 2. The van der Waals surface area contributed by atoms with E-state index in [0.717, 1.165) is 29.8 Å². The maximum atomic E-state index is 12.4. The number of carbonyl (C=O) groups is 1. The van der Waals surface area contributed by atoms with Crippen molar-refractivity contribution in [3.05, 3.63) is 53.1 Å². The lowest BCUT2D eigenvalue weighted by atomic mass is 10.0. The molecule has 0 radical (unpaired) electrons. The Balaban J connectivity index is 2.08. The first kappa shape index (κ1) is 24.3. The van der Waals surface area contributed by atoms with E-state index < -0.39 is 5.91 Å². The lowest BCUT2D eigenvalue weighted by molar-refractivity contribution is 0.0997. The van der Waals surface area contributed by atoms with Crippen molar-refractivity contribution in [2.45, 2.75) is 26.4 Å². The molecule has 2 aromatic carbocycles. The lowest BCUT2D eigenvalue weighted by Crippen LogP contribution is -2.17. The van der Waals surface area contributed by atoms with Crippen LogP contribution in [-0.4, -0.2) is 55.3 Å². The van der Waals surface area contributed by atoms with Crippen LogP contribution < -0.4 is 20.5 Å². The molecule has 0 atom stereocenters. The molecule has 8 heteroatoms. The molecule has 4 N–H and O–H groups in total. The summed E-state index contributed by atoms with van der Waals surface area (Å²) in [6.45, 7) is 3.46. The van der Waals surface area contributed by atoms with Crippen LogP contribution in [0.25, 0.3) is 10.9 Å².